The van der Waals surface area contributed by atoms with Crippen LogP contribution in [0.5, 0.6) is 0 Å². The number of hydrogen-bond acceptors (Lipinski definition) is 3. The van der Waals surface area contributed by atoms with Crippen LogP contribution >= 0.6 is 12.4 Å². The Morgan fingerprint density at radius 1 is 1.26 bits per heavy atom. The second-order valence-corrected chi connectivity index (χ2v) is 7.76. The van der Waals surface area contributed by atoms with Crippen molar-refractivity contribution in [3.05, 3.63) is 0 Å². The van der Waals surface area contributed by atoms with Gasteiger partial charge in [0.2, 0.25) is 0 Å². The van der Waals surface area contributed by atoms with Gasteiger partial charge in [-0.1, -0.05) is 6.92 Å². The molecule has 1 saturated carbocycles. The molecule has 5 nitrogen and oxygen atoms in total. The molecule has 112 valence electrons. The van der Waals surface area contributed by atoms with Crippen molar-refractivity contribution in [2.45, 2.75) is 44.7 Å². The standard InChI is InChI=1S/C12H23N3O2S.ClH/c1-9-7-13-5-4-12(9)14-18(16,17)15-8-10-2-3-11(15)6-10;/h9-14H,2-8H2,1H3;1H. The SMILES string of the molecule is CC1CNCCC1NS(=O)(=O)N1CC2CCC1C2.Cl. The minimum absolute atomic E-state index is 0. The second-order valence-electron chi connectivity index (χ2n) is 6.10. The van der Waals surface area contributed by atoms with Crippen LogP contribution in [0.3, 0.4) is 0 Å². The van der Waals surface area contributed by atoms with Crippen molar-refractivity contribution in [3.8, 4) is 0 Å². The zero-order chi connectivity index (χ0) is 12.8. The molecule has 2 bridgehead atoms. The van der Waals surface area contributed by atoms with Crippen molar-refractivity contribution in [2.75, 3.05) is 19.6 Å². The Morgan fingerprint density at radius 2 is 2.05 bits per heavy atom. The van der Waals surface area contributed by atoms with E-state index in [0.29, 0.717) is 11.8 Å². The van der Waals surface area contributed by atoms with Gasteiger partial charge in [0.25, 0.3) is 10.2 Å². The maximum absolute atomic E-state index is 12.4. The topological polar surface area (TPSA) is 61.4 Å². The molecule has 3 aliphatic rings. The highest BCUT2D eigenvalue weighted by Crippen LogP contribution is 2.38. The number of fused-ring (bicyclic) bond motifs is 2. The molecule has 2 heterocycles. The first-order valence-electron chi connectivity index (χ1n) is 7.06. The van der Waals surface area contributed by atoms with Gasteiger partial charge in [0.15, 0.2) is 0 Å². The summed E-state index contributed by atoms with van der Waals surface area (Å²) >= 11 is 0. The minimum atomic E-state index is -3.27. The molecule has 19 heavy (non-hydrogen) atoms. The smallest absolute Gasteiger partial charge is 0.279 e. The minimum Gasteiger partial charge on any atom is -0.316 e. The van der Waals surface area contributed by atoms with E-state index in [9.17, 15) is 8.42 Å². The summed E-state index contributed by atoms with van der Waals surface area (Å²) in [4.78, 5) is 0. The number of hydrogen-bond donors (Lipinski definition) is 2. The van der Waals surface area contributed by atoms with Gasteiger partial charge in [-0.3, -0.25) is 0 Å². The van der Waals surface area contributed by atoms with E-state index in [4.69, 9.17) is 0 Å². The van der Waals surface area contributed by atoms with Crippen LogP contribution in [0.2, 0.25) is 0 Å². The van der Waals surface area contributed by atoms with E-state index < -0.39 is 10.2 Å². The van der Waals surface area contributed by atoms with Crippen molar-refractivity contribution in [2.24, 2.45) is 11.8 Å². The number of piperidine rings is 2. The highest BCUT2D eigenvalue weighted by atomic mass is 35.5. The maximum atomic E-state index is 12.4. The first kappa shape index (κ1) is 15.5. The van der Waals surface area contributed by atoms with Crippen LogP contribution < -0.4 is 10.0 Å². The Hall–Kier alpha value is 0.120. The van der Waals surface area contributed by atoms with E-state index in [1.165, 1.54) is 6.42 Å². The van der Waals surface area contributed by atoms with E-state index in [-0.39, 0.29) is 24.5 Å². The van der Waals surface area contributed by atoms with Crippen LogP contribution in [0, 0.1) is 11.8 Å². The van der Waals surface area contributed by atoms with Crippen LogP contribution in [-0.2, 0) is 10.2 Å². The van der Waals surface area contributed by atoms with Crippen LogP contribution in [-0.4, -0.2) is 44.4 Å². The summed E-state index contributed by atoms with van der Waals surface area (Å²) in [5, 5.41) is 3.30. The lowest BCUT2D eigenvalue weighted by Gasteiger charge is -2.33. The van der Waals surface area contributed by atoms with Crippen LogP contribution in [0.4, 0.5) is 0 Å². The number of nitrogens with one attached hydrogen (secondary N) is 2. The molecule has 3 fully saturated rings. The van der Waals surface area contributed by atoms with Crippen molar-refractivity contribution in [3.63, 3.8) is 0 Å². The molecule has 0 aromatic heterocycles. The molecule has 0 aromatic rings. The van der Waals surface area contributed by atoms with E-state index in [2.05, 4.69) is 17.0 Å². The summed E-state index contributed by atoms with van der Waals surface area (Å²) in [7, 11) is -3.27. The third-order valence-electron chi connectivity index (χ3n) is 4.75. The summed E-state index contributed by atoms with van der Waals surface area (Å²) in [5.41, 5.74) is 0. The van der Waals surface area contributed by atoms with Gasteiger partial charge in [-0.25, -0.2) is 0 Å². The molecular weight excluding hydrogens is 286 g/mol. The third-order valence-corrected chi connectivity index (χ3v) is 6.42. The monoisotopic (exact) mass is 309 g/mol. The summed E-state index contributed by atoms with van der Waals surface area (Å²) < 4.78 is 29.5. The molecule has 2 N–H and O–H groups in total. The summed E-state index contributed by atoms with van der Waals surface area (Å²) in [5.74, 6) is 0.977. The second kappa shape index (κ2) is 5.85. The molecule has 4 unspecified atom stereocenters. The van der Waals surface area contributed by atoms with Crippen LogP contribution in [0.1, 0.15) is 32.6 Å². The van der Waals surface area contributed by atoms with Gasteiger partial charge >= 0.3 is 0 Å². The molecule has 0 spiro atoms. The normalized spacial score (nSPS) is 39.2. The fourth-order valence-corrected chi connectivity index (χ4v) is 5.48. The van der Waals surface area contributed by atoms with E-state index in [1.54, 1.807) is 4.31 Å². The van der Waals surface area contributed by atoms with Crippen LogP contribution in [0.25, 0.3) is 0 Å². The number of rotatable bonds is 3. The van der Waals surface area contributed by atoms with Crippen molar-refractivity contribution in [1.82, 2.24) is 14.3 Å². The van der Waals surface area contributed by atoms with Gasteiger partial charge in [0.1, 0.15) is 0 Å². The third kappa shape index (κ3) is 3.08. The van der Waals surface area contributed by atoms with Gasteiger partial charge in [-0.2, -0.15) is 17.4 Å². The fourth-order valence-electron chi connectivity index (χ4n) is 3.62. The number of nitrogens with zero attached hydrogens (tertiary/aromatic N) is 1. The average Bonchev–Trinajstić information content (AvgIpc) is 2.94. The molecule has 2 aliphatic heterocycles. The Kier molecular flexibility index (Phi) is 4.78. The average molecular weight is 310 g/mol. The van der Waals surface area contributed by atoms with E-state index in [1.807, 2.05) is 0 Å². The molecule has 7 heteroatoms. The Morgan fingerprint density at radius 3 is 2.63 bits per heavy atom. The van der Waals surface area contributed by atoms with Crippen molar-refractivity contribution < 1.29 is 8.42 Å². The zero-order valence-electron chi connectivity index (χ0n) is 11.3. The first-order chi connectivity index (χ1) is 8.56. The Balaban J connectivity index is 0.00000133. The quantitative estimate of drug-likeness (QED) is 0.808. The molecule has 0 aromatic carbocycles. The van der Waals surface area contributed by atoms with Gasteiger partial charge in [0.05, 0.1) is 0 Å². The van der Waals surface area contributed by atoms with Crippen LogP contribution in [0.15, 0.2) is 0 Å². The molecule has 0 amide bonds. The summed E-state index contributed by atoms with van der Waals surface area (Å²) in [6.07, 6.45) is 4.22. The van der Waals surface area contributed by atoms with Gasteiger partial charge < -0.3 is 5.32 Å². The van der Waals surface area contributed by atoms with E-state index in [0.717, 1.165) is 38.9 Å². The van der Waals surface area contributed by atoms with Crippen molar-refractivity contribution in [1.29, 1.82) is 0 Å². The van der Waals surface area contributed by atoms with Gasteiger partial charge in [-0.05, 0) is 50.6 Å². The van der Waals surface area contributed by atoms with Crippen molar-refractivity contribution >= 4 is 22.6 Å². The molecule has 2 saturated heterocycles. The molecule has 1 aliphatic carbocycles. The summed E-state index contributed by atoms with van der Waals surface area (Å²) in [6, 6.07) is 0.361. The lowest BCUT2D eigenvalue weighted by atomic mass is 9.97. The Labute approximate surface area is 122 Å². The lowest BCUT2D eigenvalue weighted by Crippen LogP contribution is -2.53. The van der Waals surface area contributed by atoms with Gasteiger partial charge in [-0.15, -0.1) is 12.4 Å². The molecule has 3 rings (SSSR count). The predicted molar refractivity (Wildman–Crippen MR) is 77.6 cm³/mol. The number of halogens is 1. The summed E-state index contributed by atoms with van der Waals surface area (Å²) in [6.45, 7) is 4.65. The Bertz CT molecular complexity index is 417. The van der Waals surface area contributed by atoms with E-state index >= 15 is 0 Å². The molecule has 4 atom stereocenters. The highest BCUT2D eigenvalue weighted by molar-refractivity contribution is 7.87. The first-order valence-corrected chi connectivity index (χ1v) is 8.50. The highest BCUT2D eigenvalue weighted by Gasteiger charge is 2.44. The largest absolute Gasteiger partial charge is 0.316 e. The predicted octanol–water partition coefficient (Wildman–Crippen LogP) is 0.725. The zero-order valence-corrected chi connectivity index (χ0v) is 13.0. The lowest BCUT2D eigenvalue weighted by molar-refractivity contribution is 0.297. The fraction of sp³-hybridized carbons (Fsp3) is 1.00. The molecule has 0 radical (unpaired) electrons. The maximum Gasteiger partial charge on any atom is 0.279 e. The molecular formula is C12H24ClN3O2S. The van der Waals surface area contributed by atoms with Gasteiger partial charge in [0, 0.05) is 18.6 Å².